The van der Waals surface area contributed by atoms with Crippen molar-refractivity contribution in [2.75, 3.05) is 0 Å². The molecule has 0 atom stereocenters. The Kier molecular flexibility index (Phi) is 3.22. The molecule has 1 heteroatoms. The molecule has 0 aliphatic carbocycles. The smallest absolute Gasteiger partial charge is 0.0181 e. The molecule has 0 bridgehead atoms. The monoisotopic (exact) mass is 260 g/mol. The van der Waals surface area contributed by atoms with Crippen molar-refractivity contribution in [2.24, 2.45) is 0 Å². The molecule has 0 amide bonds. The molecule has 0 spiro atoms. The molecule has 15 heavy (non-hydrogen) atoms. The van der Waals surface area contributed by atoms with E-state index in [1.54, 1.807) is 0 Å². The summed E-state index contributed by atoms with van der Waals surface area (Å²) in [5.74, 6) is 0. The molecule has 0 radical (unpaired) electrons. The quantitative estimate of drug-likeness (QED) is 0.736. The summed E-state index contributed by atoms with van der Waals surface area (Å²) in [6, 6.07) is 17.1. The number of hydrogen-bond donors (Lipinski definition) is 0. The molecule has 76 valence electrons. The Morgan fingerprint density at radius 3 is 2.27 bits per heavy atom. The molecule has 2 aromatic rings. The molecule has 0 unspecified atom stereocenters. The van der Waals surface area contributed by atoms with Gasteiger partial charge in [0.2, 0.25) is 0 Å². The Hall–Kier alpha value is -1.08. The van der Waals surface area contributed by atoms with Crippen molar-refractivity contribution in [3.8, 4) is 11.1 Å². The second-order valence-corrected chi connectivity index (χ2v) is 4.48. The second kappa shape index (κ2) is 4.63. The maximum atomic E-state index is 3.50. The third-order valence-electron chi connectivity index (χ3n) is 2.49. The number of halogens is 1. The van der Waals surface area contributed by atoms with Gasteiger partial charge in [-0.3, -0.25) is 0 Å². The van der Waals surface area contributed by atoms with Gasteiger partial charge in [-0.1, -0.05) is 59.3 Å². The molecule has 0 aromatic heterocycles. The van der Waals surface area contributed by atoms with Gasteiger partial charge < -0.3 is 0 Å². The zero-order valence-electron chi connectivity index (χ0n) is 8.70. The van der Waals surface area contributed by atoms with Crippen LogP contribution in [0.15, 0.2) is 53.0 Å². The van der Waals surface area contributed by atoms with Crippen LogP contribution in [0.2, 0.25) is 0 Å². The van der Waals surface area contributed by atoms with Crippen LogP contribution in [0.5, 0.6) is 0 Å². The molecular weight excluding hydrogens is 248 g/mol. The SMILES string of the molecule is CCc1cccc(-c2cccc(Br)c2)c1. The molecule has 0 N–H and O–H groups in total. The predicted molar refractivity (Wildman–Crippen MR) is 69.0 cm³/mol. The van der Waals surface area contributed by atoms with Gasteiger partial charge in [-0.05, 0) is 35.2 Å². The molecule has 0 nitrogen and oxygen atoms in total. The number of rotatable bonds is 2. The summed E-state index contributed by atoms with van der Waals surface area (Å²) < 4.78 is 1.13. The van der Waals surface area contributed by atoms with Crippen molar-refractivity contribution < 1.29 is 0 Å². The van der Waals surface area contributed by atoms with Crippen LogP contribution in [0.4, 0.5) is 0 Å². The standard InChI is InChI=1S/C14H13Br/c1-2-11-5-3-6-12(9-11)13-7-4-8-14(15)10-13/h3-10H,2H2,1H3. The highest BCUT2D eigenvalue weighted by Crippen LogP contribution is 2.23. The zero-order valence-corrected chi connectivity index (χ0v) is 10.3. The van der Waals surface area contributed by atoms with Gasteiger partial charge >= 0.3 is 0 Å². The zero-order chi connectivity index (χ0) is 10.7. The van der Waals surface area contributed by atoms with Gasteiger partial charge in [-0.2, -0.15) is 0 Å². The van der Waals surface area contributed by atoms with Gasteiger partial charge in [0.1, 0.15) is 0 Å². The van der Waals surface area contributed by atoms with Crippen LogP contribution in [0.1, 0.15) is 12.5 Å². The number of hydrogen-bond acceptors (Lipinski definition) is 0. The van der Waals surface area contributed by atoms with Crippen molar-refractivity contribution in [3.05, 3.63) is 58.6 Å². The van der Waals surface area contributed by atoms with Crippen LogP contribution >= 0.6 is 15.9 Å². The van der Waals surface area contributed by atoms with Crippen LogP contribution in [0.3, 0.4) is 0 Å². The minimum atomic E-state index is 1.09. The summed E-state index contributed by atoms with van der Waals surface area (Å²) in [4.78, 5) is 0. The maximum absolute atomic E-state index is 3.50. The number of benzene rings is 2. The van der Waals surface area contributed by atoms with Crippen molar-refractivity contribution >= 4 is 15.9 Å². The van der Waals surface area contributed by atoms with Crippen molar-refractivity contribution in [1.29, 1.82) is 0 Å². The van der Waals surface area contributed by atoms with E-state index in [1.807, 2.05) is 6.07 Å². The summed E-state index contributed by atoms with van der Waals surface area (Å²) in [6.45, 7) is 2.18. The summed E-state index contributed by atoms with van der Waals surface area (Å²) in [5.41, 5.74) is 3.93. The highest BCUT2D eigenvalue weighted by Gasteiger charge is 1.98. The summed E-state index contributed by atoms with van der Waals surface area (Å²) in [6.07, 6.45) is 1.09. The van der Waals surface area contributed by atoms with Gasteiger partial charge in [0.15, 0.2) is 0 Å². The number of aryl methyl sites for hydroxylation is 1. The largest absolute Gasteiger partial charge is 0.0614 e. The van der Waals surface area contributed by atoms with Crippen LogP contribution in [0, 0.1) is 0 Å². The minimum Gasteiger partial charge on any atom is -0.0614 e. The Balaban J connectivity index is 2.44. The lowest BCUT2D eigenvalue weighted by molar-refractivity contribution is 1.14. The van der Waals surface area contributed by atoms with Crippen LogP contribution < -0.4 is 0 Å². The van der Waals surface area contributed by atoms with E-state index < -0.39 is 0 Å². The van der Waals surface area contributed by atoms with Crippen LogP contribution in [0.25, 0.3) is 11.1 Å². The van der Waals surface area contributed by atoms with E-state index in [-0.39, 0.29) is 0 Å². The molecule has 0 aliphatic rings. The van der Waals surface area contributed by atoms with Crippen molar-refractivity contribution in [2.45, 2.75) is 13.3 Å². The van der Waals surface area contributed by atoms with E-state index in [4.69, 9.17) is 0 Å². The van der Waals surface area contributed by atoms with Crippen molar-refractivity contribution in [3.63, 3.8) is 0 Å². The van der Waals surface area contributed by atoms with Gasteiger partial charge in [0.05, 0.1) is 0 Å². The van der Waals surface area contributed by atoms with E-state index in [1.165, 1.54) is 16.7 Å². The Labute approximate surface area is 99.1 Å². The first-order chi connectivity index (χ1) is 7.29. The lowest BCUT2D eigenvalue weighted by Crippen LogP contribution is -1.82. The lowest BCUT2D eigenvalue weighted by atomic mass is 10.0. The third kappa shape index (κ3) is 2.48. The average Bonchev–Trinajstić information content (AvgIpc) is 2.29. The molecular formula is C14H13Br. The van der Waals surface area contributed by atoms with Crippen molar-refractivity contribution in [1.82, 2.24) is 0 Å². The first kappa shape index (κ1) is 10.4. The minimum absolute atomic E-state index is 1.09. The molecule has 0 saturated heterocycles. The third-order valence-corrected chi connectivity index (χ3v) is 2.99. The van der Waals surface area contributed by atoms with E-state index >= 15 is 0 Å². The molecule has 0 heterocycles. The van der Waals surface area contributed by atoms with Gasteiger partial charge in [0.25, 0.3) is 0 Å². The molecule has 0 fully saturated rings. The van der Waals surface area contributed by atoms with Gasteiger partial charge in [0, 0.05) is 4.47 Å². The maximum Gasteiger partial charge on any atom is 0.0181 e. The normalized spacial score (nSPS) is 10.3. The predicted octanol–water partition coefficient (Wildman–Crippen LogP) is 4.68. The molecule has 0 aliphatic heterocycles. The summed E-state index contributed by atoms with van der Waals surface area (Å²) in [7, 11) is 0. The fraction of sp³-hybridized carbons (Fsp3) is 0.143. The van der Waals surface area contributed by atoms with Crippen LogP contribution in [-0.4, -0.2) is 0 Å². The summed E-state index contributed by atoms with van der Waals surface area (Å²) >= 11 is 3.50. The highest BCUT2D eigenvalue weighted by atomic mass is 79.9. The fourth-order valence-corrected chi connectivity index (χ4v) is 2.04. The fourth-order valence-electron chi connectivity index (χ4n) is 1.64. The molecule has 2 aromatic carbocycles. The summed E-state index contributed by atoms with van der Waals surface area (Å²) in [5, 5.41) is 0. The van der Waals surface area contributed by atoms with E-state index in [2.05, 4.69) is 65.3 Å². The topological polar surface area (TPSA) is 0 Å². The van der Waals surface area contributed by atoms with E-state index in [9.17, 15) is 0 Å². The second-order valence-electron chi connectivity index (χ2n) is 3.56. The Morgan fingerprint density at radius 1 is 0.933 bits per heavy atom. The van der Waals surface area contributed by atoms with E-state index in [0.717, 1.165) is 10.9 Å². The Morgan fingerprint density at radius 2 is 1.60 bits per heavy atom. The van der Waals surface area contributed by atoms with Crippen LogP contribution in [-0.2, 0) is 6.42 Å². The average molecular weight is 261 g/mol. The highest BCUT2D eigenvalue weighted by molar-refractivity contribution is 9.10. The molecule has 0 saturated carbocycles. The lowest BCUT2D eigenvalue weighted by Gasteiger charge is -2.04. The first-order valence-electron chi connectivity index (χ1n) is 5.14. The Bertz CT molecular complexity index is 460. The molecule has 2 rings (SSSR count). The first-order valence-corrected chi connectivity index (χ1v) is 5.94. The van der Waals surface area contributed by atoms with E-state index in [0.29, 0.717) is 0 Å². The van der Waals surface area contributed by atoms with Gasteiger partial charge in [-0.25, -0.2) is 0 Å². The van der Waals surface area contributed by atoms with Gasteiger partial charge in [-0.15, -0.1) is 0 Å².